The molecule has 2 aliphatic heterocycles. The molecule has 1 aromatic rings. The highest BCUT2D eigenvalue weighted by molar-refractivity contribution is 6.24. The van der Waals surface area contributed by atoms with Crippen LogP contribution in [0.4, 0.5) is 0 Å². The van der Waals surface area contributed by atoms with Crippen molar-refractivity contribution in [3.63, 3.8) is 0 Å². The van der Waals surface area contributed by atoms with Crippen LogP contribution in [0.5, 0.6) is 17.2 Å². The Kier molecular flexibility index (Phi) is 4.68. The van der Waals surface area contributed by atoms with Crippen LogP contribution in [0.3, 0.4) is 0 Å². The topological polar surface area (TPSA) is 114 Å². The van der Waals surface area contributed by atoms with Gasteiger partial charge in [0.2, 0.25) is 0 Å². The Labute approximate surface area is 159 Å². The van der Waals surface area contributed by atoms with Gasteiger partial charge in [0, 0.05) is 25.0 Å². The maximum absolute atomic E-state index is 12.5. The number of carbonyl (C=O) groups excluding carboxylic acids is 4. The fraction of sp³-hybridized carbons (Fsp3) is 0.263. The molecule has 0 saturated carbocycles. The predicted molar refractivity (Wildman–Crippen MR) is 92.2 cm³/mol. The van der Waals surface area contributed by atoms with Gasteiger partial charge in [0.15, 0.2) is 23.0 Å². The molecular weight excluding hydrogens is 372 g/mol. The lowest BCUT2D eigenvalue weighted by Crippen LogP contribution is -2.09. The SMILES string of the molecule is COC1=C(C)C(=O)O/C1=C1\C(=O)Oc2c1cc(OC(C)=O)c(OC(C)=O)c2C. The monoisotopic (exact) mass is 388 g/mol. The Morgan fingerprint density at radius 1 is 0.964 bits per heavy atom. The quantitative estimate of drug-likeness (QED) is 0.435. The van der Waals surface area contributed by atoms with E-state index >= 15 is 0 Å². The highest BCUT2D eigenvalue weighted by Crippen LogP contribution is 2.49. The molecule has 9 heteroatoms. The summed E-state index contributed by atoms with van der Waals surface area (Å²) >= 11 is 0. The summed E-state index contributed by atoms with van der Waals surface area (Å²) < 4.78 is 26.0. The van der Waals surface area contributed by atoms with Gasteiger partial charge in [-0.3, -0.25) is 9.59 Å². The van der Waals surface area contributed by atoms with E-state index in [0.29, 0.717) is 0 Å². The van der Waals surface area contributed by atoms with Crippen LogP contribution in [0.15, 0.2) is 23.2 Å². The van der Waals surface area contributed by atoms with E-state index in [1.165, 1.54) is 40.9 Å². The van der Waals surface area contributed by atoms with Gasteiger partial charge in [-0.15, -0.1) is 0 Å². The number of rotatable bonds is 3. The van der Waals surface area contributed by atoms with Gasteiger partial charge in [-0.25, -0.2) is 9.59 Å². The van der Waals surface area contributed by atoms with Gasteiger partial charge in [-0.2, -0.15) is 0 Å². The Balaban J connectivity index is 2.28. The van der Waals surface area contributed by atoms with Crippen molar-refractivity contribution in [2.45, 2.75) is 27.7 Å². The number of hydrogen-bond donors (Lipinski definition) is 0. The molecule has 0 fully saturated rings. The normalized spacial score (nSPS) is 17.9. The molecular formula is C19H16O9. The Morgan fingerprint density at radius 2 is 1.61 bits per heavy atom. The molecule has 2 heterocycles. The van der Waals surface area contributed by atoms with Gasteiger partial charge in [0.05, 0.1) is 12.7 Å². The number of hydrogen-bond acceptors (Lipinski definition) is 9. The minimum atomic E-state index is -0.793. The predicted octanol–water partition coefficient (Wildman–Crippen LogP) is 1.95. The van der Waals surface area contributed by atoms with Crippen molar-refractivity contribution in [2.75, 3.05) is 7.11 Å². The van der Waals surface area contributed by atoms with E-state index in [2.05, 4.69) is 0 Å². The summed E-state index contributed by atoms with van der Waals surface area (Å²) in [4.78, 5) is 47.4. The Morgan fingerprint density at radius 3 is 2.18 bits per heavy atom. The van der Waals surface area contributed by atoms with Crippen LogP contribution < -0.4 is 14.2 Å². The molecule has 2 aliphatic rings. The molecule has 0 unspecified atom stereocenters. The lowest BCUT2D eigenvalue weighted by Gasteiger charge is -2.14. The summed E-state index contributed by atoms with van der Waals surface area (Å²) in [7, 11) is 1.34. The Bertz CT molecular complexity index is 1010. The van der Waals surface area contributed by atoms with Gasteiger partial charge in [0.1, 0.15) is 11.3 Å². The van der Waals surface area contributed by atoms with E-state index in [-0.39, 0.29) is 51.0 Å². The largest absolute Gasteiger partial charge is 0.492 e. The first kappa shape index (κ1) is 19.2. The summed E-state index contributed by atoms with van der Waals surface area (Å²) in [6.07, 6.45) is 0. The van der Waals surface area contributed by atoms with E-state index < -0.39 is 23.9 Å². The van der Waals surface area contributed by atoms with E-state index in [0.717, 1.165) is 0 Å². The van der Waals surface area contributed by atoms with Crippen molar-refractivity contribution in [1.82, 2.24) is 0 Å². The zero-order chi connectivity index (χ0) is 20.7. The lowest BCUT2D eigenvalue weighted by molar-refractivity contribution is -0.134. The molecule has 28 heavy (non-hydrogen) atoms. The summed E-state index contributed by atoms with van der Waals surface area (Å²) in [5.41, 5.74) is 0.598. The molecule has 0 bridgehead atoms. The van der Waals surface area contributed by atoms with E-state index in [1.54, 1.807) is 0 Å². The summed E-state index contributed by atoms with van der Waals surface area (Å²) in [5.74, 6) is -2.80. The van der Waals surface area contributed by atoms with Gasteiger partial charge < -0.3 is 23.7 Å². The minimum absolute atomic E-state index is 0.0531. The maximum atomic E-state index is 12.5. The van der Waals surface area contributed by atoms with Crippen LogP contribution >= 0.6 is 0 Å². The summed E-state index contributed by atoms with van der Waals surface area (Å²) in [5, 5.41) is 0. The number of esters is 4. The number of cyclic esters (lactones) is 1. The zero-order valence-corrected chi connectivity index (χ0v) is 15.8. The second-order valence-corrected chi connectivity index (χ2v) is 6.03. The third-order valence-electron chi connectivity index (χ3n) is 4.07. The van der Waals surface area contributed by atoms with Crippen LogP contribution in [-0.4, -0.2) is 31.0 Å². The standard InChI is InChI=1S/C19H16O9/c1-7-14-11(6-12(25-9(3)20)15(7)26-10(4)21)13(19(23)27-14)17-16(24-5)8(2)18(22)28-17/h6H,1-5H3/b17-13-. The fourth-order valence-electron chi connectivity index (χ4n) is 2.93. The molecule has 0 amide bonds. The second kappa shape index (κ2) is 6.84. The van der Waals surface area contributed by atoms with Crippen LogP contribution in [0.1, 0.15) is 31.9 Å². The number of benzene rings is 1. The fourth-order valence-corrected chi connectivity index (χ4v) is 2.93. The van der Waals surface area contributed by atoms with Crippen molar-refractivity contribution in [3.05, 3.63) is 34.3 Å². The molecule has 0 spiro atoms. The van der Waals surface area contributed by atoms with Crippen molar-refractivity contribution < 1.29 is 42.9 Å². The number of methoxy groups -OCH3 is 1. The first-order valence-electron chi connectivity index (χ1n) is 8.14. The number of carbonyl (C=O) groups is 4. The average molecular weight is 388 g/mol. The third kappa shape index (κ3) is 3.00. The average Bonchev–Trinajstić information content (AvgIpc) is 3.07. The summed E-state index contributed by atoms with van der Waals surface area (Å²) in [6.45, 7) is 5.38. The van der Waals surface area contributed by atoms with Gasteiger partial charge in [-0.1, -0.05) is 0 Å². The molecule has 0 radical (unpaired) electrons. The molecule has 0 aromatic heterocycles. The van der Waals surface area contributed by atoms with Crippen molar-refractivity contribution in [3.8, 4) is 17.2 Å². The van der Waals surface area contributed by atoms with Crippen molar-refractivity contribution in [1.29, 1.82) is 0 Å². The molecule has 3 rings (SSSR count). The number of fused-ring (bicyclic) bond motifs is 1. The van der Waals surface area contributed by atoms with Gasteiger partial charge in [-0.05, 0) is 19.9 Å². The van der Waals surface area contributed by atoms with E-state index in [1.807, 2.05) is 0 Å². The highest BCUT2D eigenvalue weighted by Gasteiger charge is 2.41. The van der Waals surface area contributed by atoms with Crippen LogP contribution in [0.25, 0.3) is 5.57 Å². The smallest absolute Gasteiger partial charge is 0.348 e. The zero-order valence-electron chi connectivity index (χ0n) is 15.8. The molecule has 0 aliphatic carbocycles. The van der Waals surface area contributed by atoms with E-state index in [9.17, 15) is 19.2 Å². The molecule has 0 atom stereocenters. The van der Waals surface area contributed by atoms with Crippen LogP contribution in [0.2, 0.25) is 0 Å². The van der Waals surface area contributed by atoms with Crippen molar-refractivity contribution >= 4 is 29.5 Å². The first-order valence-corrected chi connectivity index (χ1v) is 8.14. The molecule has 0 saturated heterocycles. The van der Waals surface area contributed by atoms with E-state index in [4.69, 9.17) is 23.7 Å². The van der Waals surface area contributed by atoms with Crippen LogP contribution in [-0.2, 0) is 28.7 Å². The highest BCUT2D eigenvalue weighted by atomic mass is 16.6. The Hall–Kier alpha value is -3.62. The molecule has 1 aromatic carbocycles. The van der Waals surface area contributed by atoms with Gasteiger partial charge >= 0.3 is 23.9 Å². The molecule has 9 nitrogen and oxygen atoms in total. The van der Waals surface area contributed by atoms with Gasteiger partial charge in [0.25, 0.3) is 0 Å². The minimum Gasteiger partial charge on any atom is -0.492 e. The molecule has 146 valence electrons. The van der Waals surface area contributed by atoms with Crippen molar-refractivity contribution in [2.24, 2.45) is 0 Å². The first-order chi connectivity index (χ1) is 13.1. The maximum Gasteiger partial charge on any atom is 0.348 e. The third-order valence-corrected chi connectivity index (χ3v) is 4.07. The second-order valence-electron chi connectivity index (χ2n) is 6.03. The molecule has 0 N–H and O–H groups in total. The lowest BCUT2D eigenvalue weighted by atomic mass is 10.0. The number of ether oxygens (including phenoxy) is 5. The van der Waals surface area contributed by atoms with Crippen LogP contribution in [0, 0.1) is 6.92 Å². The summed E-state index contributed by atoms with van der Waals surface area (Å²) in [6, 6.07) is 1.31.